The lowest BCUT2D eigenvalue weighted by Gasteiger charge is -2.25. The third-order valence-corrected chi connectivity index (χ3v) is 4.60. The summed E-state index contributed by atoms with van der Waals surface area (Å²) in [6, 6.07) is 13.0. The number of piperidine rings is 1. The summed E-state index contributed by atoms with van der Waals surface area (Å²) in [6.45, 7) is 3.57. The third kappa shape index (κ3) is 3.38. The lowest BCUT2D eigenvalue weighted by atomic mass is 10.00. The topological polar surface area (TPSA) is 3.24 Å². The van der Waals surface area contributed by atoms with Crippen molar-refractivity contribution in [3.05, 3.63) is 64.4 Å². The van der Waals surface area contributed by atoms with Gasteiger partial charge in [-0.2, -0.15) is 11.3 Å². The van der Waals surface area contributed by atoms with E-state index < -0.39 is 0 Å². The van der Waals surface area contributed by atoms with Gasteiger partial charge in [-0.05, 0) is 59.5 Å². The first-order chi connectivity index (χ1) is 9.93. The van der Waals surface area contributed by atoms with Crippen molar-refractivity contribution in [3.63, 3.8) is 0 Å². The van der Waals surface area contributed by atoms with Crippen LogP contribution in [-0.2, 0) is 0 Å². The van der Waals surface area contributed by atoms with Crippen molar-refractivity contribution in [3.8, 4) is 0 Å². The fourth-order valence-electron chi connectivity index (χ4n) is 2.80. The predicted molar refractivity (Wildman–Crippen MR) is 88.1 cm³/mol. The molecule has 0 unspecified atom stereocenters. The van der Waals surface area contributed by atoms with Gasteiger partial charge in [-0.3, -0.25) is 4.90 Å². The van der Waals surface area contributed by atoms with Crippen LogP contribution in [0.4, 0.5) is 0 Å². The van der Waals surface area contributed by atoms with Crippen molar-refractivity contribution >= 4 is 16.9 Å². The lowest BCUT2D eigenvalue weighted by molar-refractivity contribution is 0.252. The van der Waals surface area contributed by atoms with E-state index in [9.17, 15) is 0 Å². The first-order valence-corrected chi connectivity index (χ1v) is 8.38. The lowest BCUT2D eigenvalue weighted by Crippen LogP contribution is -2.29. The molecule has 0 amide bonds. The Bertz CT molecular complexity index is 536. The van der Waals surface area contributed by atoms with Gasteiger partial charge in [0.15, 0.2) is 0 Å². The van der Waals surface area contributed by atoms with Gasteiger partial charge < -0.3 is 0 Å². The van der Waals surface area contributed by atoms with Gasteiger partial charge in [0.25, 0.3) is 0 Å². The molecule has 3 rings (SSSR count). The van der Waals surface area contributed by atoms with Crippen LogP contribution in [0, 0.1) is 0 Å². The third-order valence-electron chi connectivity index (χ3n) is 3.92. The van der Waals surface area contributed by atoms with Crippen LogP contribution >= 0.6 is 11.3 Å². The predicted octanol–water partition coefficient (Wildman–Crippen LogP) is 4.67. The number of thiophene rings is 1. The fraction of sp³-hybridized carbons (Fsp3) is 0.333. The van der Waals surface area contributed by atoms with E-state index in [0.29, 0.717) is 0 Å². The Morgan fingerprint density at radius 1 is 1.00 bits per heavy atom. The summed E-state index contributed by atoms with van der Waals surface area (Å²) in [5, 5.41) is 4.40. The van der Waals surface area contributed by atoms with E-state index in [2.05, 4.69) is 58.1 Å². The molecular weight excluding hydrogens is 262 g/mol. The largest absolute Gasteiger partial charge is 0.300 e. The molecule has 0 saturated carbocycles. The van der Waals surface area contributed by atoms with Crippen LogP contribution in [0.25, 0.3) is 5.57 Å². The van der Waals surface area contributed by atoms with E-state index in [0.717, 1.165) is 6.54 Å². The van der Waals surface area contributed by atoms with E-state index in [4.69, 9.17) is 0 Å². The summed E-state index contributed by atoms with van der Waals surface area (Å²) in [6.07, 6.45) is 6.51. The Balaban J connectivity index is 1.82. The minimum absolute atomic E-state index is 1.07. The van der Waals surface area contributed by atoms with Gasteiger partial charge >= 0.3 is 0 Å². The quantitative estimate of drug-likeness (QED) is 0.788. The van der Waals surface area contributed by atoms with Crippen molar-refractivity contribution < 1.29 is 0 Å². The molecule has 1 aromatic heterocycles. The van der Waals surface area contributed by atoms with Gasteiger partial charge in [-0.25, -0.2) is 0 Å². The van der Waals surface area contributed by atoms with Crippen LogP contribution in [0.3, 0.4) is 0 Å². The van der Waals surface area contributed by atoms with Crippen molar-refractivity contribution in [1.29, 1.82) is 0 Å². The number of nitrogens with zero attached hydrogens (tertiary/aromatic N) is 1. The van der Waals surface area contributed by atoms with Crippen molar-refractivity contribution in [2.24, 2.45) is 0 Å². The van der Waals surface area contributed by atoms with Gasteiger partial charge in [0.2, 0.25) is 0 Å². The molecule has 1 fully saturated rings. The van der Waals surface area contributed by atoms with Gasteiger partial charge in [0.05, 0.1) is 0 Å². The Morgan fingerprint density at radius 3 is 2.50 bits per heavy atom. The minimum Gasteiger partial charge on any atom is -0.300 e. The van der Waals surface area contributed by atoms with Crippen LogP contribution in [0.2, 0.25) is 0 Å². The highest BCUT2D eigenvalue weighted by molar-refractivity contribution is 7.08. The average Bonchev–Trinajstić information content (AvgIpc) is 3.04. The van der Waals surface area contributed by atoms with Gasteiger partial charge in [-0.15, -0.1) is 0 Å². The summed E-state index contributed by atoms with van der Waals surface area (Å²) in [7, 11) is 0. The minimum atomic E-state index is 1.07. The zero-order valence-electron chi connectivity index (χ0n) is 11.8. The summed E-state index contributed by atoms with van der Waals surface area (Å²) in [5.74, 6) is 0. The SMILES string of the molecule is C(/CN1CCCCC1)=C(/c1ccccc1)c1ccsc1. The van der Waals surface area contributed by atoms with Gasteiger partial charge in [-0.1, -0.05) is 42.8 Å². The van der Waals surface area contributed by atoms with E-state index in [1.165, 1.54) is 49.1 Å². The number of hydrogen-bond donors (Lipinski definition) is 0. The van der Waals surface area contributed by atoms with Crippen LogP contribution in [-0.4, -0.2) is 24.5 Å². The van der Waals surface area contributed by atoms with Gasteiger partial charge in [0.1, 0.15) is 0 Å². The molecule has 1 saturated heterocycles. The highest BCUT2D eigenvalue weighted by atomic mass is 32.1. The zero-order chi connectivity index (χ0) is 13.6. The number of rotatable bonds is 4. The van der Waals surface area contributed by atoms with E-state index in [1.54, 1.807) is 11.3 Å². The first-order valence-electron chi connectivity index (χ1n) is 7.44. The molecule has 0 bridgehead atoms. The molecule has 0 radical (unpaired) electrons. The first kappa shape index (κ1) is 13.6. The maximum Gasteiger partial charge on any atom is 0.0172 e. The molecule has 0 aliphatic carbocycles. The second kappa shape index (κ2) is 6.87. The molecule has 1 nitrogen and oxygen atoms in total. The Labute approximate surface area is 125 Å². The Kier molecular flexibility index (Phi) is 4.67. The summed E-state index contributed by atoms with van der Waals surface area (Å²) < 4.78 is 0. The Hall–Kier alpha value is -1.38. The van der Waals surface area contributed by atoms with Crippen molar-refractivity contribution in [2.45, 2.75) is 19.3 Å². The van der Waals surface area contributed by atoms with Crippen LogP contribution in [0.5, 0.6) is 0 Å². The maximum atomic E-state index is 2.57. The smallest absolute Gasteiger partial charge is 0.0172 e. The number of hydrogen-bond acceptors (Lipinski definition) is 2. The van der Waals surface area contributed by atoms with E-state index in [-0.39, 0.29) is 0 Å². The van der Waals surface area contributed by atoms with Crippen LogP contribution < -0.4 is 0 Å². The van der Waals surface area contributed by atoms with Crippen LogP contribution in [0.15, 0.2) is 53.2 Å². The second-order valence-corrected chi connectivity index (χ2v) is 6.14. The fourth-order valence-corrected chi connectivity index (χ4v) is 3.46. The maximum absolute atomic E-state index is 2.57. The molecule has 2 heterocycles. The second-order valence-electron chi connectivity index (χ2n) is 5.36. The van der Waals surface area contributed by atoms with Crippen molar-refractivity contribution in [1.82, 2.24) is 4.90 Å². The molecule has 0 atom stereocenters. The van der Waals surface area contributed by atoms with E-state index in [1.807, 2.05) is 0 Å². The highest BCUT2D eigenvalue weighted by Gasteiger charge is 2.10. The molecule has 0 N–H and O–H groups in total. The molecule has 0 spiro atoms. The standard InChI is InChI=1S/C18H21NS/c1-3-7-16(8-4-1)18(17-10-14-20-15-17)9-13-19-11-5-2-6-12-19/h1,3-4,7-10,14-15H,2,5-6,11-13H2/b18-9+. The van der Waals surface area contributed by atoms with E-state index >= 15 is 0 Å². The summed E-state index contributed by atoms with van der Waals surface area (Å²) in [4.78, 5) is 2.57. The Morgan fingerprint density at radius 2 is 1.80 bits per heavy atom. The molecule has 1 aliphatic heterocycles. The molecular formula is C18H21NS. The molecule has 1 aromatic carbocycles. The summed E-state index contributed by atoms with van der Waals surface area (Å²) in [5.41, 5.74) is 4.04. The number of likely N-dealkylation sites (tertiary alicyclic amines) is 1. The summed E-state index contributed by atoms with van der Waals surface area (Å²) >= 11 is 1.77. The molecule has 2 aromatic rings. The molecule has 104 valence electrons. The van der Waals surface area contributed by atoms with Crippen LogP contribution in [0.1, 0.15) is 30.4 Å². The molecule has 20 heavy (non-hydrogen) atoms. The average molecular weight is 283 g/mol. The molecule has 1 aliphatic rings. The van der Waals surface area contributed by atoms with Gasteiger partial charge in [0, 0.05) is 6.54 Å². The zero-order valence-corrected chi connectivity index (χ0v) is 12.6. The number of benzene rings is 1. The monoisotopic (exact) mass is 283 g/mol. The molecule has 2 heteroatoms. The normalized spacial score (nSPS) is 17.3. The van der Waals surface area contributed by atoms with Crippen molar-refractivity contribution in [2.75, 3.05) is 19.6 Å². The highest BCUT2D eigenvalue weighted by Crippen LogP contribution is 2.25.